The van der Waals surface area contributed by atoms with E-state index in [1.165, 1.54) is 33.6 Å². The third kappa shape index (κ3) is 5.11. The van der Waals surface area contributed by atoms with E-state index in [2.05, 4.69) is 25.4 Å². The molecule has 2 aromatic heterocycles. The van der Waals surface area contributed by atoms with Crippen molar-refractivity contribution in [1.29, 1.82) is 0 Å². The molecule has 0 radical (unpaired) electrons. The summed E-state index contributed by atoms with van der Waals surface area (Å²) >= 11 is 0. The van der Waals surface area contributed by atoms with Gasteiger partial charge in [-0.05, 0) is 53.7 Å². The van der Waals surface area contributed by atoms with E-state index in [1.807, 2.05) is 30.3 Å². The van der Waals surface area contributed by atoms with Crippen LogP contribution in [0.1, 0.15) is 23.2 Å². The molecule has 2 aromatic carbocycles. The maximum Gasteiger partial charge on any atom is 0.387 e. The highest BCUT2D eigenvalue weighted by Gasteiger charge is 2.21. The molecule has 33 heavy (non-hydrogen) atoms. The number of rotatable bonds is 9. The minimum absolute atomic E-state index is 0.00651. The fourth-order valence-corrected chi connectivity index (χ4v) is 2.92. The van der Waals surface area contributed by atoms with Crippen molar-refractivity contribution >= 4 is 5.97 Å². The summed E-state index contributed by atoms with van der Waals surface area (Å²) in [6, 6.07) is 15.0. The van der Waals surface area contributed by atoms with E-state index in [4.69, 9.17) is 9.47 Å². The second-order valence-corrected chi connectivity index (χ2v) is 6.51. The zero-order valence-corrected chi connectivity index (χ0v) is 17.3. The minimum atomic E-state index is -2.92. The van der Waals surface area contributed by atoms with Crippen molar-refractivity contribution in [3.8, 4) is 22.9 Å². The van der Waals surface area contributed by atoms with Crippen LogP contribution in [0.3, 0.4) is 0 Å². The Morgan fingerprint density at radius 1 is 1.06 bits per heavy atom. The highest BCUT2D eigenvalue weighted by atomic mass is 19.3. The second kappa shape index (κ2) is 9.85. The van der Waals surface area contributed by atoms with Crippen LogP contribution in [0.5, 0.6) is 11.5 Å². The Morgan fingerprint density at radius 2 is 1.82 bits per heavy atom. The van der Waals surface area contributed by atoms with Crippen LogP contribution in [-0.2, 0) is 11.3 Å². The van der Waals surface area contributed by atoms with Crippen LogP contribution in [0.25, 0.3) is 11.4 Å². The van der Waals surface area contributed by atoms with Crippen molar-refractivity contribution in [3.05, 3.63) is 72.3 Å². The first-order chi connectivity index (χ1) is 16.0. The molecule has 0 saturated carbocycles. The first-order valence-electron chi connectivity index (χ1n) is 9.82. The van der Waals surface area contributed by atoms with Gasteiger partial charge in [0.2, 0.25) is 5.69 Å². The Labute approximate surface area is 186 Å². The van der Waals surface area contributed by atoms with Crippen LogP contribution in [0, 0.1) is 0 Å². The minimum Gasteiger partial charge on any atom is -0.481 e. The topological polar surface area (TPSA) is 106 Å². The molecule has 0 atom stereocenters. The Bertz CT molecular complexity index is 1210. The van der Waals surface area contributed by atoms with Gasteiger partial charge >= 0.3 is 12.6 Å². The molecule has 0 aliphatic carbocycles. The van der Waals surface area contributed by atoms with E-state index in [9.17, 15) is 13.6 Å². The monoisotopic (exact) mass is 456 g/mol. The summed E-state index contributed by atoms with van der Waals surface area (Å²) in [5, 5.41) is 15.8. The molecule has 0 N–H and O–H groups in total. The number of tetrazole rings is 1. The Morgan fingerprint density at radius 3 is 2.52 bits per heavy atom. The highest BCUT2D eigenvalue weighted by molar-refractivity contribution is 5.90. The summed E-state index contributed by atoms with van der Waals surface area (Å²) < 4.78 is 42.8. The Balaban J connectivity index is 1.55. The van der Waals surface area contributed by atoms with Gasteiger partial charge in [-0.25, -0.2) is 9.48 Å². The number of para-hydroxylation sites is 1. The molecule has 0 aliphatic heterocycles. The van der Waals surface area contributed by atoms with Crippen LogP contribution < -0.4 is 9.47 Å². The van der Waals surface area contributed by atoms with Gasteiger partial charge in [-0.2, -0.15) is 18.6 Å². The summed E-state index contributed by atoms with van der Waals surface area (Å²) in [6.07, 6.45) is 1.56. The van der Waals surface area contributed by atoms with Gasteiger partial charge in [0.25, 0.3) is 0 Å². The molecule has 0 saturated heterocycles. The number of hydrogen-bond donors (Lipinski definition) is 0. The highest BCUT2D eigenvalue weighted by Crippen LogP contribution is 2.23. The largest absolute Gasteiger partial charge is 0.481 e. The lowest BCUT2D eigenvalue weighted by Crippen LogP contribution is -2.10. The van der Waals surface area contributed by atoms with Gasteiger partial charge in [-0.3, -0.25) is 0 Å². The van der Waals surface area contributed by atoms with Gasteiger partial charge < -0.3 is 14.2 Å². The maximum atomic E-state index is 12.4. The fourth-order valence-electron chi connectivity index (χ4n) is 2.92. The smallest absolute Gasteiger partial charge is 0.387 e. The zero-order valence-electron chi connectivity index (χ0n) is 17.3. The predicted molar refractivity (Wildman–Crippen MR) is 110 cm³/mol. The lowest BCUT2D eigenvalue weighted by molar-refractivity contribution is -0.0498. The standard InChI is InChI=1S/C21H18F2N6O4/c1-2-31-20(30)19-17(12-28(25-19)14-6-4-3-5-7-14)32-13-18-24-26-27-29(18)15-8-10-16(11-9-15)33-21(22)23/h3-12,21H,2,13H2,1H3. The van der Waals surface area contributed by atoms with Crippen LogP contribution in [0.15, 0.2) is 60.8 Å². The first-order valence-corrected chi connectivity index (χ1v) is 9.82. The molecule has 4 aromatic rings. The van der Waals surface area contributed by atoms with Crippen molar-refractivity contribution < 1.29 is 27.8 Å². The number of benzene rings is 2. The van der Waals surface area contributed by atoms with E-state index in [-0.39, 0.29) is 30.4 Å². The van der Waals surface area contributed by atoms with Crippen molar-refractivity contribution in [1.82, 2.24) is 30.0 Å². The summed E-state index contributed by atoms with van der Waals surface area (Å²) in [7, 11) is 0. The molecule has 4 rings (SSSR count). The van der Waals surface area contributed by atoms with Gasteiger partial charge in [-0.1, -0.05) is 18.2 Å². The molecule has 0 unspecified atom stereocenters. The van der Waals surface area contributed by atoms with Crippen molar-refractivity contribution in [2.75, 3.05) is 6.61 Å². The third-order valence-electron chi connectivity index (χ3n) is 4.37. The SMILES string of the molecule is CCOC(=O)c1nn(-c2ccccc2)cc1OCc1nnnn1-c1ccc(OC(F)F)cc1. The predicted octanol–water partition coefficient (Wildman–Crippen LogP) is 3.21. The first kappa shape index (κ1) is 21.9. The Hall–Kier alpha value is -4.35. The zero-order chi connectivity index (χ0) is 23.2. The molecule has 0 fully saturated rings. The molecule has 0 bridgehead atoms. The van der Waals surface area contributed by atoms with Crippen molar-refractivity contribution in [2.45, 2.75) is 20.1 Å². The third-order valence-corrected chi connectivity index (χ3v) is 4.37. The Kier molecular flexibility index (Phi) is 6.53. The second-order valence-electron chi connectivity index (χ2n) is 6.51. The molecule has 2 heterocycles. The number of aromatic nitrogens is 6. The van der Waals surface area contributed by atoms with Gasteiger partial charge in [0.15, 0.2) is 18.2 Å². The number of nitrogens with zero attached hydrogens (tertiary/aromatic N) is 6. The van der Waals surface area contributed by atoms with Gasteiger partial charge in [-0.15, -0.1) is 5.10 Å². The van der Waals surface area contributed by atoms with Gasteiger partial charge in [0.05, 0.1) is 24.2 Å². The normalized spacial score (nSPS) is 10.9. The quantitative estimate of drug-likeness (QED) is 0.354. The molecule has 10 nitrogen and oxygen atoms in total. The van der Waals surface area contributed by atoms with Crippen molar-refractivity contribution in [3.63, 3.8) is 0 Å². The van der Waals surface area contributed by atoms with E-state index in [0.717, 1.165) is 5.69 Å². The number of alkyl halides is 2. The van der Waals surface area contributed by atoms with Crippen molar-refractivity contribution in [2.24, 2.45) is 0 Å². The lowest BCUT2D eigenvalue weighted by Gasteiger charge is -2.08. The van der Waals surface area contributed by atoms with Gasteiger partial charge in [0.1, 0.15) is 5.75 Å². The average molecular weight is 456 g/mol. The van der Waals surface area contributed by atoms with Gasteiger partial charge in [0, 0.05) is 0 Å². The lowest BCUT2D eigenvalue weighted by atomic mass is 10.3. The van der Waals surface area contributed by atoms with E-state index < -0.39 is 12.6 Å². The van der Waals surface area contributed by atoms with Crippen LogP contribution in [0.2, 0.25) is 0 Å². The summed E-state index contributed by atoms with van der Waals surface area (Å²) in [6.45, 7) is -1.15. The number of carbonyl (C=O) groups is 1. The maximum absolute atomic E-state index is 12.4. The molecule has 0 aliphatic rings. The van der Waals surface area contributed by atoms with E-state index in [1.54, 1.807) is 13.1 Å². The molecular formula is C21H18F2N6O4. The number of ether oxygens (including phenoxy) is 3. The van der Waals surface area contributed by atoms with E-state index >= 15 is 0 Å². The summed E-state index contributed by atoms with van der Waals surface area (Å²) in [4.78, 5) is 12.4. The number of esters is 1. The van der Waals surface area contributed by atoms with Crippen LogP contribution in [-0.4, -0.2) is 49.2 Å². The molecular weight excluding hydrogens is 438 g/mol. The number of halogens is 2. The average Bonchev–Trinajstić information content (AvgIpc) is 3.46. The summed E-state index contributed by atoms with van der Waals surface area (Å²) in [5.74, 6) is -0.129. The summed E-state index contributed by atoms with van der Waals surface area (Å²) in [5.41, 5.74) is 1.24. The number of carbonyl (C=O) groups excluding carboxylic acids is 1. The molecule has 0 spiro atoms. The molecule has 170 valence electrons. The van der Waals surface area contributed by atoms with E-state index in [0.29, 0.717) is 11.5 Å². The fraction of sp³-hybridized carbons (Fsp3) is 0.190. The molecule has 0 amide bonds. The van der Waals surface area contributed by atoms with Crippen LogP contribution in [0.4, 0.5) is 8.78 Å². The molecule has 12 heteroatoms. The number of hydrogen-bond acceptors (Lipinski definition) is 8. The van der Waals surface area contributed by atoms with Crippen LogP contribution >= 0.6 is 0 Å².